The molecule has 1 aromatic rings. The molecule has 2 aliphatic heterocycles. The van der Waals surface area contributed by atoms with Crippen molar-refractivity contribution in [3.8, 4) is 5.75 Å². The summed E-state index contributed by atoms with van der Waals surface area (Å²) in [7, 11) is 0. The molecule has 1 atom stereocenters. The third-order valence-electron chi connectivity index (χ3n) is 5.28. The van der Waals surface area contributed by atoms with Gasteiger partial charge >= 0.3 is 5.97 Å². The Morgan fingerprint density at radius 3 is 2.68 bits per heavy atom. The van der Waals surface area contributed by atoms with Crippen molar-refractivity contribution in [2.24, 2.45) is 0 Å². The first kappa shape index (κ1) is 18.7. The van der Waals surface area contributed by atoms with Crippen molar-refractivity contribution in [3.63, 3.8) is 0 Å². The van der Waals surface area contributed by atoms with E-state index >= 15 is 0 Å². The van der Waals surface area contributed by atoms with Crippen LogP contribution < -0.4 is 4.74 Å². The van der Waals surface area contributed by atoms with Crippen LogP contribution in [-0.4, -0.2) is 42.2 Å². The summed E-state index contributed by atoms with van der Waals surface area (Å²) in [5, 5.41) is 0. The molecule has 0 bridgehead atoms. The van der Waals surface area contributed by atoms with Crippen molar-refractivity contribution < 1.29 is 14.3 Å². The van der Waals surface area contributed by atoms with Gasteiger partial charge in [0.05, 0.1) is 13.0 Å². The molecule has 0 aromatic heterocycles. The van der Waals surface area contributed by atoms with Crippen LogP contribution in [0.4, 0.5) is 0 Å². The van der Waals surface area contributed by atoms with Crippen LogP contribution in [0.2, 0.25) is 0 Å². The zero-order chi connectivity index (χ0) is 18.2. The molecule has 0 saturated carbocycles. The first-order valence-corrected chi connectivity index (χ1v) is 9.87. The molecule has 1 saturated heterocycles. The van der Waals surface area contributed by atoms with Crippen LogP contribution >= 0.6 is 15.9 Å². The molecule has 0 N–H and O–H groups in total. The van der Waals surface area contributed by atoms with Crippen LogP contribution in [0.3, 0.4) is 0 Å². The van der Waals surface area contributed by atoms with Crippen molar-refractivity contribution in [2.75, 3.05) is 19.7 Å². The van der Waals surface area contributed by atoms with Gasteiger partial charge in [0.25, 0.3) is 0 Å². The van der Waals surface area contributed by atoms with Crippen LogP contribution in [0, 0.1) is 0 Å². The molecule has 0 aliphatic carbocycles. The minimum absolute atomic E-state index is 0.111. The summed E-state index contributed by atoms with van der Waals surface area (Å²) in [6.45, 7) is 10.6. The number of fused-ring (bicyclic) bond motifs is 2. The maximum absolute atomic E-state index is 12.1. The maximum Gasteiger partial charge on any atom is 0.307 e. The lowest BCUT2D eigenvalue weighted by molar-refractivity contribution is -0.156. The Bertz CT molecular complexity index is 645. The van der Waals surface area contributed by atoms with E-state index in [-0.39, 0.29) is 17.4 Å². The number of carbonyl (C=O) groups excluding carboxylic acids is 1. The van der Waals surface area contributed by atoms with Crippen LogP contribution in [0.5, 0.6) is 5.75 Å². The molecular formula is C20H28BrNO3. The van der Waals surface area contributed by atoms with Crippen molar-refractivity contribution in [2.45, 2.75) is 64.0 Å². The molecule has 0 radical (unpaired) electrons. The first-order valence-electron chi connectivity index (χ1n) is 9.07. The number of nitrogens with zero attached hydrogens (tertiary/aromatic N) is 1. The van der Waals surface area contributed by atoms with E-state index in [2.05, 4.69) is 46.0 Å². The molecular weight excluding hydrogens is 382 g/mol. The number of halogens is 1. The zero-order valence-corrected chi connectivity index (χ0v) is 17.2. The summed E-state index contributed by atoms with van der Waals surface area (Å²) in [4.78, 5) is 14.5. The molecule has 3 rings (SSSR count). The second kappa shape index (κ2) is 6.92. The number of rotatable bonds is 3. The standard InChI is InChI=1S/C20H28BrNO3/c1-14(11-18(23)25-19(2,3)4)22-9-7-20(8-10-22)13-24-17-12-15(21)5-6-16(17)20/h5-6,12,14H,7-11,13H2,1-4H3. The average molecular weight is 410 g/mol. The van der Waals surface area contributed by atoms with Gasteiger partial charge in [-0.2, -0.15) is 0 Å². The lowest BCUT2D eigenvalue weighted by Gasteiger charge is -2.41. The Kier molecular flexibility index (Phi) is 5.18. The Hall–Kier alpha value is -1.07. The summed E-state index contributed by atoms with van der Waals surface area (Å²) in [5.74, 6) is 0.907. The fraction of sp³-hybridized carbons (Fsp3) is 0.650. The monoisotopic (exact) mass is 409 g/mol. The van der Waals surface area contributed by atoms with Crippen LogP contribution in [-0.2, 0) is 14.9 Å². The average Bonchev–Trinajstić information content (AvgIpc) is 2.84. The third-order valence-corrected chi connectivity index (χ3v) is 5.77. The highest BCUT2D eigenvalue weighted by Gasteiger charge is 2.43. The van der Waals surface area contributed by atoms with Gasteiger partial charge in [0, 0.05) is 21.5 Å². The number of likely N-dealkylation sites (tertiary alicyclic amines) is 1. The highest BCUT2D eigenvalue weighted by molar-refractivity contribution is 9.10. The molecule has 0 amide bonds. The number of benzene rings is 1. The summed E-state index contributed by atoms with van der Waals surface area (Å²) < 4.78 is 12.5. The molecule has 4 nitrogen and oxygen atoms in total. The van der Waals surface area contributed by atoms with Gasteiger partial charge in [0.15, 0.2) is 0 Å². The van der Waals surface area contributed by atoms with E-state index in [0.717, 1.165) is 42.8 Å². The van der Waals surface area contributed by atoms with E-state index in [1.165, 1.54) is 5.56 Å². The lowest BCUT2D eigenvalue weighted by Crippen LogP contribution is -2.47. The number of esters is 1. The number of piperidine rings is 1. The van der Waals surface area contributed by atoms with E-state index < -0.39 is 5.60 Å². The van der Waals surface area contributed by atoms with E-state index in [0.29, 0.717) is 6.42 Å². The van der Waals surface area contributed by atoms with E-state index in [9.17, 15) is 4.79 Å². The van der Waals surface area contributed by atoms with Crippen molar-refractivity contribution in [1.82, 2.24) is 4.90 Å². The van der Waals surface area contributed by atoms with Gasteiger partial charge in [0.1, 0.15) is 11.4 Å². The lowest BCUT2D eigenvalue weighted by atomic mass is 9.74. The van der Waals surface area contributed by atoms with Crippen LogP contribution in [0.25, 0.3) is 0 Å². The molecule has 1 fully saturated rings. The molecule has 25 heavy (non-hydrogen) atoms. The Morgan fingerprint density at radius 2 is 2.04 bits per heavy atom. The predicted molar refractivity (Wildman–Crippen MR) is 102 cm³/mol. The minimum atomic E-state index is -0.415. The largest absolute Gasteiger partial charge is 0.492 e. The Morgan fingerprint density at radius 1 is 1.36 bits per heavy atom. The fourth-order valence-corrected chi connectivity index (χ4v) is 4.25. The molecule has 2 aliphatic rings. The summed E-state index contributed by atoms with van der Waals surface area (Å²) in [6, 6.07) is 6.58. The highest BCUT2D eigenvalue weighted by Crippen LogP contribution is 2.46. The Balaban J connectivity index is 1.59. The highest BCUT2D eigenvalue weighted by atomic mass is 79.9. The van der Waals surface area contributed by atoms with Crippen molar-refractivity contribution in [3.05, 3.63) is 28.2 Å². The molecule has 138 valence electrons. The van der Waals surface area contributed by atoms with Crippen molar-refractivity contribution in [1.29, 1.82) is 0 Å². The quantitative estimate of drug-likeness (QED) is 0.697. The molecule has 2 heterocycles. The van der Waals surface area contributed by atoms with Gasteiger partial charge in [-0.1, -0.05) is 22.0 Å². The molecule has 1 aromatic carbocycles. The van der Waals surface area contributed by atoms with Gasteiger partial charge in [-0.05, 0) is 65.8 Å². The van der Waals surface area contributed by atoms with E-state index in [4.69, 9.17) is 9.47 Å². The van der Waals surface area contributed by atoms with Gasteiger partial charge in [-0.15, -0.1) is 0 Å². The molecule has 1 unspecified atom stereocenters. The number of hydrogen-bond donors (Lipinski definition) is 0. The smallest absolute Gasteiger partial charge is 0.307 e. The SMILES string of the molecule is CC(CC(=O)OC(C)(C)C)N1CCC2(CC1)COc1cc(Br)ccc12. The third kappa shape index (κ3) is 4.20. The van der Waals surface area contributed by atoms with Gasteiger partial charge in [0.2, 0.25) is 0 Å². The number of hydrogen-bond acceptors (Lipinski definition) is 4. The van der Waals surface area contributed by atoms with Gasteiger partial charge < -0.3 is 14.4 Å². The normalized spacial score (nSPS) is 20.8. The Labute approximate surface area is 159 Å². The zero-order valence-electron chi connectivity index (χ0n) is 15.6. The predicted octanol–water partition coefficient (Wildman–Crippen LogP) is 4.30. The van der Waals surface area contributed by atoms with Crippen molar-refractivity contribution >= 4 is 21.9 Å². The first-order chi connectivity index (χ1) is 11.7. The van der Waals surface area contributed by atoms with Crippen LogP contribution in [0.15, 0.2) is 22.7 Å². The second-order valence-electron chi connectivity index (χ2n) is 8.39. The summed E-state index contributed by atoms with van der Waals surface area (Å²) in [6.07, 6.45) is 2.59. The van der Waals surface area contributed by atoms with E-state index in [1.807, 2.05) is 20.8 Å². The minimum Gasteiger partial charge on any atom is -0.492 e. The summed E-state index contributed by atoms with van der Waals surface area (Å²) >= 11 is 3.52. The van der Waals surface area contributed by atoms with Gasteiger partial charge in [-0.3, -0.25) is 4.79 Å². The van der Waals surface area contributed by atoms with E-state index in [1.54, 1.807) is 0 Å². The topological polar surface area (TPSA) is 38.8 Å². The molecule has 1 spiro atoms. The maximum atomic E-state index is 12.1. The number of carbonyl (C=O) groups is 1. The summed E-state index contributed by atoms with van der Waals surface area (Å²) in [5.41, 5.74) is 1.07. The number of ether oxygens (including phenoxy) is 2. The fourth-order valence-electron chi connectivity index (χ4n) is 3.91. The molecule has 5 heteroatoms. The van der Waals surface area contributed by atoms with Crippen LogP contribution in [0.1, 0.15) is 52.5 Å². The second-order valence-corrected chi connectivity index (χ2v) is 9.30. The van der Waals surface area contributed by atoms with Gasteiger partial charge in [-0.25, -0.2) is 0 Å².